The third kappa shape index (κ3) is 8.12. The molecule has 1 amide bonds. The summed E-state index contributed by atoms with van der Waals surface area (Å²) in [5.41, 5.74) is 5.66. The van der Waals surface area contributed by atoms with Crippen LogP contribution in [0.4, 0.5) is 0 Å². The second-order valence-corrected chi connectivity index (χ2v) is 11.8. The van der Waals surface area contributed by atoms with Gasteiger partial charge in [0.15, 0.2) is 6.29 Å². The maximum Gasteiger partial charge on any atom is 0.303 e. The monoisotopic (exact) mass is 612 g/mol. The number of carbonyl (C=O) groups excluding carboxylic acids is 1. The van der Waals surface area contributed by atoms with Gasteiger partial charge in [0.05, 0.1) is 30.3 Å². The highest BCUT2D eigenvalue weighted by molar-refractivity contribution is 7.99. The summed E-state index contributed by atoms with van der Waals surface area (Å²) in [6.45, 7) is 2.43. The number of carbonyl (C=O) groups is 2. The zero-order valence-electron chi connectivity index (χ0n) is 24.5. The molecular formula is C35H36N2O6S. The lowest BCUT2D eigenvalue weighted by Gasteiger charge is -2.41. The summed E-state index contributed by atoms with van der Waals surface area (Å²) >= 11 is 1.66. The maximum atomic E-state index is 12.1. The number of hydrogen-bond acceptors (Lipinski definition) is 7. The molecule has 1 aromatic heterocycles. The van der Waals surface area contributed by atoms with Crippen molar-refractivity contribution < 1.29 is 29.3 Å². The van der Waals surface area contributed by atoms with Gasteiger partial charge in [-0.1, -0.05) is 85.8 Å². The van der Waals surface area contributed by atoms with Crippen molar-refractivity contribution in [3.05, 3.63) is 119 Å². The summed E-state index contributed by atoms with van der Waals surface area (Å²) in [5.74, 6) is -0.508. The first-order chi connectivity index (χ1) is 21.4. The van der Waals surface area contributed by atoms with Crippen LogP contribution in [-0.2, 0) is 32.2 Å². The normalized spacial score (nSPS) is 19.8. The number of aliphatic hydroxyl groups is 1. The molecular weight excluding hydrogens is 576 g/mol. The van der Waals surface area contributed by atoms with Crippen molar-refractivity contribution in [2.24, 2.45) is 5.92 Å². The van der Waals surface area contributed by atoms with Crippen molar-refractivity contribution in [1.29, 1.82) is 0 Å². The molecule has 0 spiro atoms. The van der Waals surface area contributed by atoms with E-state index in [9.17, 15) is 14.7 Å². The average molecular weight is 613 g/mol. The first kappa shape index (κ1) is 31.4. The molecule has 1 fully saturated rings. The number of nitrogens with one attached hydrogen (secondary N) is 1. The minimum absolute atomic E-state index is 0.0109. The Morgan fingerprint density at radius 1 is 0.886 bits per heavy atom. The molecule has 2 heterocycles. The summed E-state index contributed by atoms with van der Waals surface area (Å²) in [4.78, 5) is 27.3. The van der Waals surface area contributed by atoms with Gasteiger partial charge in [-0.2, -0.15) is 0 Å². The number of amides is 1. The van der Waals surface area contributed by atoms with Crippen LogP contribution in [0.5, 0.6) is 0 Å². The number of benzene rings is 3. The molecule has 8 nitrogen and oxygen atoms in total. The summed E-state index contributed by atoms with van der Waals surface area (Å²) in [6.07, 6.45) is 0.643. The van der Waals surface area contributed by atoms with Crippen LogP contribution >= 0.6 is 11.8 Å². The smallest absolute Gasteiger partial charge is 0.303 e. The van der Waals surface area contributed by atoms with Crippen LogP contribution in [0.15, 0.2) is 102 Å². The number of hydrogen-bond donors (Lipinski definition) is 3. The van der Waals surface area contributed by atoms with Crippen LogP contribution in [0.2, 0.25) is 0 Å². The fourth-order valence-electron chi connectivity index (χ4n) is 5.19. The molecule has 1 saturated heterocycles. The van der Waals surface area contributed by atoms with Crippen molar-refractivity contribution in [2.45, 2.75) is 56.4 Å². The Labute approximate surface area is 261 Å². The maximum absolute atomic E-state index is 12.1. The number of nitrogens with zero attached hydrogens (tertiary/aromatic N) is 1. The molecule has 0 radical (unpaired) electrons. The SMILES string of the molecule is CC1C(CSc2ccccn2)OC(c2ccc(-c3ccccc3CNC(=O)CCC(=O)O)cc2)OC1c1ccc(CO)cc1. The highest BCUT2D eigenvalue weighted by Crippen LogP contribution is 2.43. The van der Waals surface area contributed by atoms with Crippen molar-refractivity contribution in [1.82, 2.24) is 10.3 Å². The van der Waals surface area contributed by atoms with Gasteiger partial charge in [-0.3, -0.25) is 9.59 Å². The number of thioether (sulfide) groups is 1. The number of aromatic nitrogens is 1. The van der Waals surface area contributed by atoms with E-state index in [-0.39, 0.29) is 43.5 Å². The van der Waals surface area contributed by atoms with Gasteiger partial charge in [0.25, 0.3) is 0 Å². The Bertz CT molecular complexity index is 1530. The fourth-order valence-corrected chi connectivity index (χ4v) is 6.22. The zero-order valence-corrected chi connectivity index (χ0v) is 25.3. The minimum atomic E-state index is -0.995. The molecule has 4 atom stereocenters. The zero-order chi connectivity index (χ0) is 30.9. The molecule has 5 rings (SSSR count). The highest BCUT2D eigenvalue weighted by Gasteiger charge is 2.38. The predicted octanol–water partition coefficient (Wildman–Crippen LogP) is 6.31. The van der Waals surface area contributed by atoms with Crippen LogP contribution in [0.25, 0.3) is 11.1 Å². The predicted molar refractivity (Wildman–Crippen MR) is 169 cm³/mol. The summed E-state index contributed by atoms with van der Waals surface area (Å²) in [5, 5.41) is 22.1. The van der Waals surface area contributed by atoms with E-state index in [1.165, 1.54) is 0 Å². The van der Waals surface area contributed by atoms with E-state index >= 15 is 0 Å². The first-order valence-corrected chi connectivity index (χ1v) is 15.6. The fraction of sp³-hybridized carbons (Fsp3) is 0.286. The van der Waals surface area contributed by atoms with Crippen LogP contribution in [0.3, 0.4) is 0 Å². The van der Waals surface area contributed by atoms with Gasteiger partial charge in [-0.25, -0.2) is 4.98 Å². The third-order valence-electron chi connectivity index (χ3n) is 7.71. The van der Waals surface area contributed by atoms with E-state index in [2.05, 4.69) is 17.2 Å². The van der Waals surface area contributed by atoms with Crippen LogP contribution in [0, 0.1) is 5.92 Å². The lowest BCUT2D eigenvalue weighted by Crippen LogP contribution is -2.38. The van der Waals surface area contributed by atoms with Gasteiger partial charge in [0.1, 0.15) is 0 Å². The first-order valence-electron chi connectivity index (χ1n) is 14.6. The molecule has 1 aliphatic rings. The summed E-state index contributed by atoms with van der Waals surface area (Å²) in [6, 6.07) is 29.6. The lowest BCUT2D eigenvalue weighted by molar-refractivity contribution is -0.268. The Kier molecular flexibility index (Phi) is 10.8. The second-order valence-electron chi connectivity index (χ2n) is 10.8. The standard InChI is InChI=1S/C35H36N2O6S/c1-23-30(22-44-32-8-4-5-19-36-32)42-35(43-34(23)26-11-9-24(21-38)10-12-26)27-15-13-25(14-16-27)29-7-3-2-6-28(29)20-37-31(39)17-18-33(40)41/h2-16,19,23,30,34-35,38H,17-18,20-22H2,1H3,(H,37,39)(H,40,41). The summed E-state index contributed by atoms with van der Waals surface area (Å²) in [7, 11) is 0. The molecule has 0 saturated carbocycles. The Morgan fingerprint density at radius 2 is 1.61 bits per heavy atom. The summed E-state index contributed by atoms with van der Waals surface area (Å²) < 4.78 is 13.2. The number of ether oxygens (including phenoxy) is 2. The highest BCUT2D eigenvalue weighted by atomic mass is 32.2. The molecule has 4 aromatic rings. The van der Waals surface area contributed by atoms with Gasteiger partial charge >= 0.3 is 5.97 Å². The van der Waals surface area contributed by atoms with E-state index in [0.29, 0.717) is 12.3 Å². The number of carboxylic acids is 1. The minimum Gasteiger partial charge on any atom is -0.481 e. The molecule has 3 aromatic carbocycles. The van der Waals surface area contributed by atoms with Gasteiger partial charge in [0, 0.05) is 36.4 Å². The molecule has 3 N–H and O–H groups in total. The molecule has 4 unspecified atom stereocenters. The average Bonchev–Trinajstić information content (AvgIpc) is 3.06. The quantitative estimate of drug-likeness (QED) is 0.160. The molecule has 0 aliphatic carbocycles. The second kappa shape index (κ2) is 15.1. The van der Waals surface area contributed by atoms with Crippen molar-refractivity contribution in [2.75, 3.05) is 5.75 Å². The molecule has 9 heteroatoms. The van der Waals surface area contributed by atoms with E-state index in [4.69, 9.17) is 14.6 Å². The Balaban J connectivity index is 1.34. The van der Waals surface area contributed by atoms with Crippen LogP contribution in [0.1, 0.15) is 54.4 Å². The van der Waals surface area contributed by atoms with Crippen LogP contribution in [-0.4, -0.2) is 38.9 Å². The van der Waals surface area contributed by atoms with E-state index < -0.39 is 12.3 Å². The largest absolute Gasteiger partial charge is 0.481 e. The van der Waals surface area contributed by atoms with Crippen molar-refractivity contribution >= 4 is 23.6 Å². The molecule has 1 aliphatic heterocycles. The van der Waals surface area contributed by atoms with Crippen molar-refractivity contribution in [3.8, 4) is 11.1 Å². The molecule has 0 bridgehead atoms. The number of aliphatic hydroxyl groups excluding tert-OH is 1. The number of aliphatic carboxylic acids is 1. The molecule has 228 valence electrons. The van der Waals surface area contributed by atoms with E-state index in [0.717, 1.165) is 38.4 Å². The van der Waals surface area contributed by atoms with E-state index in [1.54, 1.807) is 18.0 Å². The topological polar surface area (TPSA) is 118 Å². The van der Waals surface area contributed by atoms with Gasteiger partial charge in [-0.05, 0) is 39.9 Å². The number of pyridine rings is 1. The Hall–Kier alpha value is -4.02. The number of rotatable bonds is 12. The van der Waals surface area contributed by atoms with Gasteiger partial charge in [0.2, 0.25) is 5.91 Å². The number of carboxylic acid groups (broad SMARTS) is 1. The van der Waals surface area contributed by atoms with Crippen molar-refractivity contribution in [3.63, 3.8) is 0 Å². The van der Waals surface area contributed by atoms with Gasteiger partial charge in [-0.15, -0.1) is 11.8 Å². The van der Waals surface area contributed by atoms with Gasteiger partial charge < -0.3 is 25.0 Å². The Morgan fingerprint density at radius 3 is 2.32 bits per heavy atom. The lowest BCUT2D eigenvalue weighted by atomic mass is 9.91. The van der Waals surface area contributed by atoms with Crippen LogP contribution < -0.4 is 5.32 Å². The third-order valence-corrected chi connectivity index (χ3v) is 8.74. The molecule has 44 heavy (non-hydrogen) atoms. The van der Waals surface area contributed by atoms with E-state index in [1.807, 2.05) is 91.0 Å².